The molecule has 0 saturated carbocycles. The fourth-order valence-corrected chi connectivity index (χ4v) is 3.29. The van der Waals surface area contributed by atoms with E-state index in [0.29, 0.717) is 12.2 Å². The predicted octanol–water partition coefficient (Wildman–Crippen LogP) is 5.13. The summed E-state index contributed by atoms with van der Waals surface area (Å²) in [6.07, 6.45) is 0.724. The van der Waals surface area contributed by atoms with Crippen LogP contribution < -0.4 is 16.0 Å². The Bertz CT molecular complexity index is 954. The van der Waals surface area contributed by atoms with Crippen molar-refractivity contribution in [2.75, 3.05) is 17.2 Å². The Kier molecular flexibility index (Phi) is 7.16. The Labute approximate surface area is 175 Å². The highest BCUT2D eigenvalue weighted by Gasteiger charge is 2.14. The SMILES string of the molecule is CC(=O)Nc1cc(NC(=O)NCCC(c2ccccc2)c2ccccc2)ccc1F. The maximum Gasteiger partial charge on any atom is 0.319 e. The molecule has 30 heavy (non-hydrogen) atoms. The highest BCUT2D eigenvalue weighted by molar-refractivity contribution is 5.92. The van der Waals surface area contributed by atoms with Crippen molar-refractivity contribution >= 4 is 23.3 Å². The van der Waals surface area contributed by atoms with Gasteiger partial charge in [0.1, 0.15) is 5.82 Å². The second kappa shape index (κ2) is 10.2. The van der Waals surface area contributed by atoms with Gasteiger partial charge in [0, 0.05) is 25.1 Å². The molecule has 0 saturated heterocycles. The first-order chi connectivity index (χ1) is 14.5. The first-order valence-corrected chi connectivity index (χ1v) is 9.75. The van der Waals surface area contributed by atoms with Crippen LogP contribution in [0, 0.1) is 5.82 Å². The van der Waals surface area contributed by atoms with Gasteiger partial charge in [0.15, 0.2) is 0 Å². The van der Waals surface area contributed by atoms with Crippen LogP contribution in [0.5, 0.6) is 0 Å². The zero-order valence-electron chi connectivity index (χ0n) is 16.7. The second-order valence-electron chi connectivity index (χ2n) is 6.92. The van der Waals surface area contributed by atoms with E-state index >= 15 is 0 Å². The van der Waals surface area contributed by atoms with Crippen LogP contribution in [-0.4, -0.2) is 18.5 Å². The van der Waals surface area contributed by atoms with Gasteiger partial charge in [-0.25, -0.2) is 9.18 Å². The van der Waals surface area contributed by atoms with Crippen molar-refractivity contribution in [2.45, 2.75) is 19.3 Å². The minimum atomic E-state index is -0.565. The van der Waals surface area contributed by atoms with Gasteiger partial charge in [0.05, 0.1) is 5.69 Å². The van der Waals surface area contributed by atoms with Crippen LogP contribution >= 0.6 is 0 Å². The highest BCUT2D eigenvalue weighted by Crippen LogP contribution is 2.27. The van der Waals surface area contributed by atoms with Crippen molar-refractivity contribution in [1.29, 1.82) is 0 Å². The lowest BCUT2D eigenvalue weighted by molar-refractivity contribution is -0.114. The molecule has 3 N–H and O–H groups in total. The number of carbonyl (C=O) groups is 2. The number of hydrogen-bond donors (Lipinski definition) is 3. The van der Waals surface area contributed by atoms with Gasteiger partial charge >= 0.3 is 6.03 Å². The van der Waals surface area contributed by atoms with Crippen LogP contribution in [0.25, 0.3) is 0 Å². The zero-order chi connectivity index (χ0) is 21.3. The molecular weight excluding hydrogens is 381 g/mol. The number of halogens is 1. The van der Waals surface area contributed by atoms with E-state index in [1.165, 1.54) is 36.2 Å². The molecule has 6 heteroatoms. The van der Waals surface area contributed by atoms with E-state index in [1.54, 1.807) is 0 Å². The van der Waals surface area contributed by atoms with Crippen LogP contribution in [0.1, 0.15) is 30.4 Å². The number of rotatable bonds is 7. The molecule has 0 aliphatic rings. The number of benzene rings is 3. The van der Waals surface area contributed by atoms with Crippen molar-refractivity contribution < 1.29 is 14.0 Å². The Hall–Kier alpha value is -3.67. The molecule has 3 amide bonds. The molecule has 5 nitrogen and oxygen atoms in total. The first kappa shape index (κ1) is 21.0. The summed E-state index contributed by atoms with van der Waals surface area (Å²) in [5.41, 5.74) is 2.78. The number of hydrogen-bond acceptors (Lipinski definition) is 2. The average molecular weight is 405 g/mol. The van der Waals surface area contributed by atoms with E-state index in [2.05, 4.69) is 40.2 Å². The van der Waals surface area contributed by atoms with Crippen molar-refractivity contribution in [1.82, 2.24) is 5.32 Å². The zero-order valence-corrected chi connectivity index (χ0v) is 16.7. The van der Waals surface area contributed by atoms with Gasteiger partial charge in [-0.15, -0.1) is 0 Å². The minimum absolute atomic E-state index is 0.0218. The lowest BCUT2D eigenvalue weighted by Crippen LogP contribution is -2.30. The van der Waals surface area contributed by atoms with Crippen molar-refractivity contribution in [2.24, 2.45) is 0 Å². The molecule has 154 valence electrons. The monoisotopic (exact) mass is 405 g/mol. The Morgan fingerprint density at radius 3 is 2.03 bits per heavy atom. The molecule has 0 radical (unpaired) electrons. The van der Waals surface area contributed by atoms with E-state index in [-0.39, 0.29) is 17.5 Å². The van der Waals surface area contributed by atoms with Gasteiger partial charge in [-0.2, -0.15) is 0 Å². The molecule has 0 atom stereocenters. The van der Waals surface area contributed by atoms with Gasteiger partial charge in [0.2, 0.25) is 5.91 Å². The van der Waals surface area contributed by atoms with Gasteiger partial charge in [-0.3, -0.25) is 4.79 Å². The van der Waals surface area contributed by atoms with Gasteiger partial charge in [-0.1, -0.05) is 60.7 Å². The predicted molar refractivity (Wildman–Crippen MR) is 117 cm³/mol. The smallest absolute Gasteiger partial charge is 0.319 e. The molecular formula is C24H24FN3O2. The largest absolute Gasteiger partial charge is 0.338 e. The number of carbonyl (C=O) groups excluding carboxylic acids is 2. The summed E-state index contributed by atoms with van der Waals surface area (Å²) in [5, 5.41) is 7.91. The maximum absolute atomic E-state index is 13.7. The van der Waals surface area contributed by atoms with Crippen LogP contribution in [0.15, 0.2) is 78.9 Å². The molecule has 3 aromatic carbocycles. The van der Waals surface area contributed by atoms with Gasteiger partial charge < -0.3 is 16.0 Å². The quantitative estimate of drug-likeness (QED) is 0.510. The summed E-state index contributed by atoms with van der Waals surface area (Å²) in [6, 6.07) is 23.9. The van der Waals surface area contributed by atoms with Crippen LogP contribution in [-0.2, 0) is 4.79 Å². The number of amides is 3. The third-order valence-corrected chi connectivity index (χ3v) is 4.66. The first-order valence-electron chi connectivity index (χ1n) is 9.75. The van der Waals surface area contributed by atoms with Gasteiger partial charge in [0.25, 0.3) is 0 Å². The standard InChI is InChI=1S/C24H24FN3O2/c1-17(29)27-23-16-20(12-13-22(23)25)28-24(30)26-15-14-21(18-8-4-2-5-9-18)19-10-6-3-7-11-19/h2-13,16,21H,14-15H2,1H3,(H,27,29)(H2,26,28,30). The van der Waals surface area contributed by atoms with Crippen LogP contribution in [0.2, 0.25) is 0 Å². The Morgan fingerprint density at radius 2 is 1.47 bits per heavy atom. The maximum atomic E-state index is 13.7. The Balaban J connectivity index is 1.60. The molecule has 0 aromatic heterocycles. The summed E-state index contributed by atoms with van der Waals surface area (Å²) in [6.45, 7) is 1.75. The molecule has 0 aliphatic carbocycles. The average Bonchev–Trinajstić information content (AvgIpc) is 2.74. The van der Waals surface area contributed by atoms with Gasteiger partial charge in [-0.05, 0) is 35.7 Å². The number of urea groups is 1. The number of nitrogens with one attached hydrogen (secondary N) is 3. The van der Waals surface area contributed by atoms with E-state index in [9.17, 15) is 14.0 Å². The van der Waals surface area contributed by atoms with Crippen LogP contribution in [0.3, 0.4) is 0 Å². The summed E-state index contributed by atoms with van der Waals surface area (Å²) in [4.78, 5) is 23.4. The molecule has 0 heterocycles. The van der Waals surface area contributed by atoms with E-state index in [1.807, 2.05) is 36.4 Å². The molecule has 0 bridgehead atoms. The number of anilines is 2. The van der Waals surface area contributed by atoms with Crippen LogP contribution in [0.4, 0.5) is 20.6 Å². The molecule has 0 spiro atoms. The Morgan fingerprint density at radius 1 is 0.867 bits per heavy atom. The highest BCUT2D eigenvalue weighted by atomic mass is 19.1. The van der Waals surface area contributed by atoms with Crippen molar-refractivity contribution in [3.63, 3.8) is 0 Å². The topological polar surface area (TPSA) is 70.2 Å². The summed E-state index contributed by atoms with van der Waals surface area (Å²) < 4.78 is 13.7. The van der Waals surface area contributed by atoms with E-state index in [4.69, 9.17) is 0 Å². The van der Waals surface area contributed by atoms with E-state index < -0.39 is 11.8 Å². The molecule has 3 rings (SSSR count). The lowest BCUT2D eigenvalue weighted by atomic mass is 9.88. The molecule has 0 unspecified atom stereocenters. The molecule has 0 fully saturated rings. The normalized spacial score (nSPS) is 10.5. The minimum Gasteiger partial charge on any atom is -0.338 e. The van der Waals surface area contributed by atoms with E-state index in [0.717, 1.165) is 6.42 Å². The third kappa shape index (κ3) is 5.91. The molecule has 0 aliphatic heterocycles. The van der Waals surface area contributed by atoms with Crippen molar-refractivity contribution in [3.05, 3.63) is 95.8 Å². The van der Waals surface area contributed by atoms with Crippen molar-refractivity contribution in [3.8, 4) is 0 Å². The fourth-order valence-electron chi connectivity index (χ4n) is 3.29. The summed E-state index contributed by atoms with van der Waals surface area (Å²) in [5.74, 6) is -0.794. The second-order valence-corrected chi connectivity index (χ2v) is 6.92. The lowest BCUT2D eigenvalue weighted by Gasteiger charge is -2.18. The molecule has 3 aromatic rings. The third-order valence-electron chi connectivity index (χ3n) is 4.66. The summed E-state index contributed by atoms with van der Waals surface area (Å²) >= 11 is 0. The fraction of sp³-hybridized carbons (Fsp3) is 0.167. The summed E-state index contributed by atoms with van der Waals surface area (Å²) in [7, 11) is 0.